The van der Waals surface area contributed by atoms with Gasteiger partial charge in [-0.2, -0.15) is 0 Å². The Bertz CT molecular complexity index is 627. The van der Waals surface area contributed by atoms with Crippen LogP contribution in [0.25, 0.3) is 0 Å². The van der Waals surface area contributed by atoms with Crippen LogP contribution in [-0.2, 0) is 13.0 Å². The minimum atomic E-state index is -0.0925. The Labute approximate surface area is 127 Å². The van der Waals surface area contributed by atoms with E-state index in [1.54, 1.807) is 4.68 Å². The molecule has 20 heavy (non-hydrogen) atoms. The van der Waals surface area contributed by atoms with Crippen LogP contribution < -0.4 is 4.74 Å². The van der Waals surface area contributed by atoms with E-state index in [0.29, 0.717) is 13.2 Å². The van der Waals surface area contributed by atoms with Crippen molar-refractivity contribution in [2.75, 3.05) is 6.61 Å². The van der Waals surface area contributed by atoms with Crippen LogP contribution in [0.3, 0.4) is 0 Å². The summed E-state index contributed by atoms with van der Waals surface area (Å²) in [5.74, 6) is 0.935. The van der Waals surface area contributed by atoms with Crippen LogP contribution in [-0.4, -0.2) is 21.6 Å². The molecule has 3 rings (SSSR count). The zero-order chi connectivity index (χ0) is 14.1. The molecule has 6 heteroatoms. The van der Waals surface area contributed by atoms with E-state index >= 15 is 0 Å². The Morgan fingerprint density at radius 2 is 2.30 bits per heavy atom. The molecule has 2 heterocycles. The largest absolute Gasteiger partial charge is 0.493 e. The van der Waals surface area contributed by atoms with Crippen LogP contribution in [0.15, 0.2) is 18.3 Å². The maximum Gasteiger partial charge on any atom is 0.127 e. The van der Waals surface area contributed by atoms with Gasteiger partial charge in [-0.1, -0.05) is 23.7 Å². The Morgan fingerprint density at radius 1 is 1.45 bits per heavy atom. The highest BCUT2D eigenvalue weighted by Gasteiger charge is 2.18. The summed E-state index contributed by atoms with van der Waals surface area (Å²) in [6, 6.07) is 3.89. The second-order valence-electron chi connectivity index (χ2n) is 4.87. The number of fused-ring (bicyclic) bond motifs is 1. The lowest BCUT2D eigenvalue weighted by Gasteiger charge is -2.08. The standard InChI is InChI=1S/C14H15Cl2N3O/c1-2-12(16)13-8-19(18-17-13)7-10-6-11(15)5-9-3-4-20-14(9)10/h5-6,8,12H,2-4,7H2,1H3. The third-order valence-electron chi connectivity index (χ3n) is 3.39. The fourth-order valence-corrected chi connectivity index (χ4v) is 2.74. The normalized spacial score (nSPS) is 14.9. The summed E-state index contributed by atoms with van der Waals surface area (Å²) in [4.78, 5) is 0. The Kier molecular flexibility index (Phi) is 3.85. The SMILES string of the molecule is CCC(Cl)c1cn(Cc2cc(Cl)cc3c2OCC3)nn1. The van der Waals surface area contributed by atoms with Gasteiger partial charge in [-0.3, -0.25) is 0 Å². The highest BCUT2D eigenvalue weighted by molar-refractivity contribution is 6.30. The predicted octanol–water partition coefficient (Wildman–Crippen LogP) is 3.60. The predicted molar refractivity (Wildman–Crippen MR) is 78.7 cm³/mol. The first-order valence-electron chi connectivity index (χ1n) is 6.65. The van der Waals surface area contributed by atoms with E-state index in [4.69, 9.17) is 27.9 Å². The van der Waals surface area contributed by atoms with Crippen molar-refractivity contribution in [2.45, 2.75) is 31.7 Å². The average molecular weight is 312 g/mol. The lowest BCUT2D eigenvalue weighted by atomic mass is 10.1. The minimum absolute atomic E-state index is 0.0925. The molecule has 106 valence electrons. The van der Waals surface area contributed by atoms with Gasteiger partial charge in [0.2, 0.25) is 0 Å². The van der Waals surface area contributed by atoms with Gasteiger partial charge in [-0.15, -0.1) is 16.7 Å². The fraction of sp³-hybridized carbons (Fsp3) is 0.429. The highest BCUT2D eigenvalue weighted by atomic mass is 35.5. The van der Waals surface area contributed by atoms with Gasteiger partial charge in [-0.25, -0.2) is 4.68 Å². The quantitative estimate of drug-likeness (QED) is 0.810. The monoisotopic (exact) mass is 311 g/mol. The van der Waals surface area contributed by atoms with Gasteiger partial charge in [-0.05, 0) is 24.1 Å². The summed E-state index contributed by atoms with van der Waals surface area (Å²) >= 11 is 12.3. The molecule has 4 nitrogen and oxygen atoms in total. The van der Waals surface area contributed by atoms with Gasteiger partial charge in [0, 0.05) is 17.0 Å². The zero-order valence-electron chi connectivity index (χ0n) is 11.1. The zero-order valence-corrected chi connectivity index (χ0v) is 12.7. The van der Waals surface area contributed by atoms with Gasteiger partial charge in [0.25, 0.3) is 0 Å². The van der Waals surface area contributed by atoms with Crippen molar-refractivity contribution in [1.82, 2.24) is 15.0 Å². The summed E-state index contributed by atoms with van der Waals surface area (Å²) in [5.41, 5.74) is 2.99. The topological polar surface area (TPSA) is 39.9 Å². The van der Waals surface area contributed by atoms with Crippen molar-refractivity contribution in [2.24, 2.45) is 0 Å². The molecule has 1 aliphatic rings. The van der Waals surface area contributed by atoms with Crippen molar-refractivity contribution < 1.29 is 4.74 Å². The molecule has 1 atom stereocenters. The van der Waals surface area contributed by atoms with Gasteiger partial charge in [0.1, 0.15) is 11.4 Å². The number of nitrogens with zero attached hydrogens (tertiary/aromatic N) is 3. The van der Waals surface area contributed by atoms with Gasteiger partial charge in [0.05, 0.1) is 24.7 Å². The number of benzene rings is 1. The molecule has 1 aromatic carbocycles. The van der Waals surface area contributed by atoms with Crippen LogP contribution >= 0.6 is 23.2 Å². The van der Waals surface area contributed by atoms with E-state index in [1.807, 2.05) is 25.3 Å². The molecule has 0 bridgehead atoms. The third kappa shape index (κ3) is 2.63. The summed E-state index contributed by atoms with van der Waals surface area (Å²) in [5, 5.41) is 8.86. The lowest BCUT2D eigenvalue weighted by Crippen LogP contribution is -2.02. The van der Waals surface area contributed by atoms with Crippen LogP contribution in [0.4, 0.5) is 0 Å². The van der Waals surface area contributed by atoms with Crippen molar-refractivity contribution >= 4 is 23.2 Å². The fourth-order valence-electron chi connectivity index (χ4n) is 2.38. The summed E-state index contributed by atoms with van der Waals surface area (Å²) in [7, 11) is 0. The number of ether oxygens (including phenoxy) is 1. The molecule has 0 aliphatic carbocycles. The second-order valence-corrected chi connectivity index (χ2v) is 5.83. The first-order valence-corrected chi connectivity index (χ1v) is 7.47. The van der Waals surface area contributed by atoms with Gasteiger partial charge in [0.15, 0.2) is 0 Å². The molecule has 0 spiro atoms. The number of aromatic nitrogens is 3. The second kappa shape index (κ2) is 5.62. The van der Waals surface area contributed by atoms with Gasteiger partial charge >= 0.3 is 0 Å². The molecule has 1 aliphatic heterocycles. The van der Waals surface area contributed by atoms with Crippen LogP contribution in [0.2, 0.25) is 5.02 Å². The summed E-state index contributed by atoms with van der Waals surface area (Å²) < 4.78 is 7.46. The van der Waals surface area contributed by atoms with Crippen LogP contribution in [0, 0.1) is 0 Å². The Balaban J connectivity index is 1.86. The van der Waals surface area contributed by atoms with Crippen LogP contribution in [0.5, 0.6) is 5.75 Å². The number of halogens is 2. The Hall–Kier alpha value is -1.26. The lowest BCUT2D eigenvalue weighted by molar-refractivity contribution is 0.352. The molecular formula is C14H15Cl2N3O. The van der Waals surface area contributed by atoms with E-state index < -0.39 is 0 Å². The highest BCUT2D eigenvalue weighted by Crippen LogP contribution is 2.33. The van der Waals surface area contributed by atoms with E-state index in [-0.39, 0.29) is 5.38 Å². The number of hydrogen-bond donors (Lipinski definition) is 0. The smallest absolute Gasteiger partial charge is 0.127 e. The minimum Gasteiger partial charge on any atom is -0.493 e. The first kappa shape index (κ1) is 13.7. The first-order chi connectivity index (χ1) is 9.67. The number of hydrogen-bond acceptors (Lipinski definition) is 3. The molecule has 1 unspecified atom stereocenters. The third-order valence-corrected chi connectivity index (χ3v) is 4.14. The summed E-state index contributed by atoms with van der Waals surface area (Å²) in [6.07, 6.45) is 3.62. The molecule has 2 aromatic rings. The van der Waals surface area contributed by atoms with Crippen molar-refractivity contribution in [1.29, 1.82) is 0 Å². The van der Waals surface area contributed by atoms with E-state index in [2.05, 4.69) is 10.3 Å². The Morgan fingerprint density at radius 3 is 3.10 bits per heavy atom. The molecule has 0 N–H and O–H groups in total. The van der Waals surface area contributed by atoms with E-state index in [1.165, 1.54) is 0 Å². The molecule has 0 fully saturated rings. The molecule has 0 saturated carbocycles. The van der Waals surface area contributed by atoms with Crippen molar-refractivity contribution in [3.63, 3.8) is 0 Å². The molecule has 0 radical (unpaired) electrons. The maximum atomic E-state index is 6.16. The summed E-state index contributed by atoms with van der Waals surface area (Å²) in [6.45, 7) is 3.32. The molecule has 1 aromatic heterocycles. The maximum absolute atomic E-state index is 6.16. The average Bonchev–Trinajstić information content (AvgIpc) is 3.06. The molecular weight excluding hydrogens is 297 g/mol. The van der Waals surface area contributed by atoms with Crippen LogP contribution in [0.1, 0.15) is 35.5 Å². The number of rotatable bonds is 4. The van der Waals surface area contributed by atoms with E-state index in [0.717, 1.165) is 40.4 Å². The molecule has 0 amide bonds. The molecule has 0 saturated heterocycles. The van der Waals surface area contributed by atoms with Crippen molar-refractivity contribution in [3.8, 4) is 5.75 Å². The number of alkyl halides is 1. The van der Waals surface area contributed by atoms with E-state index in [9.17, 15) is 0 Å². The van der Waals surface area contributed by atoms with Gasteiger partial charge < -0.3 is 4.74 Å². The van der Waals surface area contributed by atoms with Crippen molar-refractivity contribution in [3.05, 3.63) is 40.2 Å².